The molecule has 2 aliphatic rings. The first kappa shape index (κ1) is 24.9. The van der Waals surface area contributed by atoms with Gasteiger partial charge in [0.2, 0.25) is 0 Å². The van der Waals surface area contributed by atoms with Gasteiger partial charge in [-0.25, -0.2) is 4.39 Å². The Bertz CT molecular complexity index is 1050. The lowest BCUT2D eigenvalue weighted by Crippen LogP contribution is -2.54. The van der Waals surface area contributed by atoms with Crippen molar-refractivity contribution in [1.82, 2.24) is 10.2 Å². The molecule has 186 valence electrons. The second kappa shape index (κ2) is 12.0. The molecule has 2 atom stereocenters. The van der Waals surface area contributed by atoms with E-state index in [1.54, 1.807) is 53.4 Å². The van der Waals surface area contributed by atoms with Crippen molar-refractivity contribution >= 4 is 17.9 Å². The third kappa shape index (κ3) is 6.28. The van der Waals surface area contributed by atoms with E-state index in [1.807, 2.05) is 6.92 Å². The first-order valence-electron chi connectivity index (χ1n) is 12.5. The van der Waals surface area contributed by atoms with E-state index in [2.05, 4.69) is 5.32 Å². The van der Waals surface area contributed by atoms with Crippen LogP contribution in [0.25, 0.3) is 6.08 Å². The highest BCUT2D eigenvalue weighted by molar-refractivity contribution is 5.97. The summed E-state index contributed by atoms with van der Waals surface area (Å²) in [6.45, 7) is 3.99. The minimum Gasteiger partial charge on any atom is -0.482 e. The lowest BCUT2D eigenvalue weighted by atomic mass is 9.89. The molecule has 2 aromatic carbocycles. The molecule has 2 fully saturated rings. The maximum atomic E-state index is 14.4. The standard InChI is InChI=1S/C28H33FN2O4/c1-2-34-17-7-16-30-27(32)21-14-12-20(13-15-21)18-26-28(33)31(19-22-8-3-4-9-23(22)29)24-10-5-6-11-25(24)35-26/h3-4,8-9,12-15,18,24-25H,2,5-7,10-11,16-17,19H2,1H3,(H,30,32)/b26-18-. The molecule has 1 N–H and O–H groups in total. The monoisotopic (exact) mass is 480 g/mol. The first-order chi connectivity index (χ1) is 17.1. The number of benzene rings is 2. The summed E-state index contributed by atoms with van der Waals surface area (Å²) in [7, 11) is 0. The number of nitrogens with zero attached hydrogens (tertiary/aromatic N) is 1. The maximum Gasteiger partial charge on any atom is 0.289 e. The molecule has 0 spiro atoms. The zero-order valence-electron chi connectivity index (χ0n) is 20.2. The fourth-order valence-corrected chi connectivity index (χ4v) is 4.68. The number of morpholine rings is 1. The maximum absolute atomic E-state index is 14.4. The van der Waals surface area contributed by atoms with E-state index >= 15 is 0 Å². The van der Waals surface area contributed by atoms with Crippen LogP contribution >= 0.6 is 0 Å². The second-order valence-electron chi connectivity index (χ2n) is 8.97. The summed E-state index contributed by atoms with van der Waals surface area (Å²) in [4.78, 5) is 27.5. The van der Waals surface area contributed by atoms with Gasteiger partial charge in [0.05, 0.1) is 6.04 Å². The third-order valence-corrected chi connectivity index (χ3v) is 6.54. The highest BCUT2D eigenvalue weighted by Crippen LogP contribution is 2.34. The fraction of sp³-hybridized carbons (Fsp3) is 0.429. The smallest absolute Gasteiger partial charge is 0.289 e. The largest absolute Gasteiger partial charge is 0.482 e. The SMILES string of the molecule is CCOCCCNC(=O)c1ccc(/C=C2\OC3CCCCC3N(Cc3ccccc3F)C2=O)cc1. The molecule has 4 rings (SSSR count). The molecule has 2 amide bonds. The summed E-state index contributed by atoms with van der Waals surface area (Å²) in [6.07, 6.45) is 6.17. The minimum absolute atomic E-state index is 0.0539. The molecule has 1 saturated carbocycles. The van der Waals surface area contributed by atoms with Crippen LogP contribution < -0.4 is 5.32 Å². The summed E-state index contributed by atoms with van der Waals surface area (Å²) in [6, 6.07) is 13.6. The quantitative estimate of drug-likeness (QED) is 0.418. The Morgan fingerprint density at radius 3 is 2.71 bits per heavy atom. The summed E-state index contributed by atoms with van der Waals surface area (Å²) < 4.78 is 25.8. The van der Waals surface area contributed by atoms with Crippen LogP contribution in [0.1, 0.15) is 60.5 Å². The summed E-state index contributed by atoms with van der Waals surface area (Å²) in [5.41, 5.74) is 1.82. The van der Waals surface area contributed by atoms with E-state index in [0.717, 1.165) is 37.7 Å². The number of fused-ring (bicyclic) bond motifs is 1. The van der Waals surface area contributed by atoms with Gasteiger partial charge in [-0.15, -0.1) is 0 Å². The molecule has 0 radical (unpaired) electrons. The van der Waals surface area contributed by atoms with Crippen LogP contribution in [-0.4, -0.2) is 48.6 Å². The molecule has 1 saturated heterocycles. The number of hydrogen-bond donors (Lipinski definition) is 1. The van der Waals surface area contributed by atoms with Crippen LogP contribution in [0, 0.1) is 5.82 Å². The van der Waals surface area contributed by atoms with Crippen LogP contribution in [0.2, 0.25) is 0 Å². The average Bonchev–Trinajstić information content (AvgIpc) is 2.88. The van der Waals surface area contributed by atoms with Crippen molar-refractivity contribution in [3.05, 3.63) is 76.8 Å². The molecular formula is C28H33FN2O4. The van der Waals surface area contributed by atoms with E-state index < -0.39 is 0 Å². The Labute approximate surface area is 206 Å². The molecule has 6 nitrogen and oxygen atoms in total. The van der Waals surface area contributed by atoms with Crippen LogP contribution in [0.15, 0.2) is 54.3 Å². The van der Waals surface area contributed by atoms with Crippen molar-refractivity contribution in [1.29, 1.82) is 0 Å². The zero-order valence-corrected chi connectivity index (χ0v) is 20.2. The molecule has 2 aromatic rings. The number of carbonyl (C=O) groups is 2. The van der Waals surface area contributed by atoms with Crippen molar-refractivity contribution in [2.24, 2.45) is 0 Å². The van der Waals surface area contributed by atoms with Crippen molar-refractivity contribution in [3.8, 4) is 0 Å². The zero-order chi connectivity index (χ0) is 24.6. The van der Waals surface area contributed by atoms with Gasteiger partial charge in [0.1, 0.15) is 11.9 Å². The Morgan fingerprint density at radius 1 is 1.17 bits per heavy atom. The number of carbonyl (C=O) groups excluding carboxylic acids is 2. The van der Waals surface area contributed by atoms with E-state index in [-0.39, 0.29) is 42.1 Å². The molecule has 0 bridgehead atoms. The first-order valence-corrected chi connectivity index (χ1v) is 12.5. The highest BCUT2D eigenvalue weighted by Gasteiger charge is 2.41. The Balaban J connectivity index is 1.46. The van der Waals surface area contributed by atoms with Crippen molar-refractivity contribution in [2.75, 3.05) is 19.8 Å². The predicted octanol–water partition coefficient (Wildman–Crippen LogP) is 4.69. The summed E-state index contributed by atoms with van der Waals surface area (Å²) >= 11 is 0. The number of rotatable bonds is 9. The fourth-order valence-electron chi connectivity index (χ4n) is 4.68. The molecule has 1 heterocycles. The van der Waals surface area contributed by atoms with Crippen molar-refractivity contribution in [2.45, 2.75) is 57.7 Å². The van der Waals surface area contributed by atoms with E-state index in [9.17, 15) is 14.0 Å². The van der Waals surface area contributed by atoms with Crippen LogP contribution in [0.3, 0.4) is 0 Å². The van der Waals surface area contributed by atoms with E-state index in [0.29, 0.717) is 30.9 Å². The van der Waals surface area contributed by atoms with Crippen LogP contribution in [-0.2, 0) is 20.8 Å². The van der Waals surface area contributed by atoms with Gasteiger partial charge < -0.3 is 19.7 Å². The summed E-state index contributed by atoms with van der Waals surface area (Å²) in [5.74, 6) is -0.423. The number of ether oxygens (including phenoxy) is 2. The lowest BCUT2D eigenvalue weighted by molar-refractivity contribution is -0.149. The summed E-state index contributed by atoms with van der Waals surface area (Å²) in [5, 5.41) is 2.88. The number of halogens is 1. The van der Waals surface area contributed by atoms with Gasteiger partial charge in [0, 0.05) is 37.4 Å². The molecule has 7 heteroatoms. The number of nitrogens with one attached hydrogen (secondary N) is 1. The van der Waals surface area contributed by atoms with Gasteiger partial charge in [-0.05, 0) is 62.4 Å². The van der Waals surface area contributed by atoms with Gasteiger partial charge in [0.25, 0.3) is 11.8 Å². The molecule has 1 aliphatic heterocycles. The highest BCUT2D eigenvalue weighted by atomic mass is 19.1. The van der Waals surface area contributed by atoms with Gasteiger partial charge >= 0.3 is 0 Å². The Hall–Kier alpha value is -3.19. The predicted molar refractivity (Wildman–Crippen MR) is 132 cm³/mol. The third-order valence-electron chi connectivity index (χ3n) is 6.54. The number of hydrogen-bond acceptors (Lipinski definition) is 4. The molecule has 35 heavy (non-hydrogen) atoms. The molecular weight excluding hydrogens is 447 g/mol. The van der Waals surface area contributed by atoms with Crippen molar-refractivity contribution in [3.63, 3.8) is 0 Å². The lowest BCUT2D eigenvalue weighted by Gasteiger charge is -2.44. The topological polar surface area (TPSA) is 67.9 Å². The molecule has 0 aromatic heterocycles. The Morgan fingerprint density at radius 2 is 1.94 bits per heavy atom. The Kier molecular flexibility index (Phi) is 8.53. The van der Waals surface area contributed by atoms with Gasteiger partial charge in [0.15, 0.2) is 5.76 Å². The second-order valence-corrected chi connectivity index (χ2v) is 8.97. The normalized spacial score (nSPS) is 20.9. The average molecular weight is 481 g/mol. The van der Waals surface area contributed by atoms with Crippen LogP contribution in [0.5, 0.6) is 0 Å². The van der Waals surface area contributed by atoms with E-state index in [4.69, 9.17) is 9.47 Å². The minimum atomic E-state index is -0.309. The van der Waals surface area contributed by atoms with Gasteiger partial charge in [-0.2, -0.15) is 0 Å². The van der Waals surface area contributed by atoms with Crippen molar-refractivity contribution < 1.29 is 23.5 Å². The van der Waals surface area contributed by atoms with Crippen LogP contribution in [0.4, 0.5) is 4.39 Å². The van der Waals surface area contributed by atoms with Gasteiger partial charge in [-0.1, -0.05) is 36.8 Å². The van der Waals surface area contributed by atoms with E-state index in [1.165, 1.54) is 6.07 Å². The molecule has 1 aliphatic carbocycles. The van der Waals surface area contributed by atoms with Gasteiger partial charge in [-0.3, -0.25) is 9.59 Å². The molecule has 2 unspecified atom stereocenters. The number of amides is 2.